The van der Waals surface area contributed by atoms with Gasteiger partial charge in [0.05, 0.1) is 0 Å². The van der Waals surface area contributed by atoms with Gasteiger partial charge in [-0.1, -0.05) is 6.92 Å². The third-order valence-electron chi connectivity index (χ3n) is 1.65. The highest BCUT2D eigenvalue weighted by Gasteiger charge is 2.25. The normalized spacial score (nSPS) is 34.8. The van der Waals surface area contributed by atoms with E-state index in [0.717, 1.165) is 13.0 Å². The second-order valence-corrected chi connectivity index (χ2v) is 2.64. The molecule has 0 aromatic heterocycles. The lowest BCUT2D eigenvalue weighted by Gasteiger charge is -2.00. The topological polar surface area (TPSA) is 49.3 Å². The van der Waals surface area contributed by atoms with Crippen LogP contribution in [0.25, 0.3) is 0 Å². The molecule has 2 N–H and O–H groups in total. The van der Waals surface area contributed by atoms with Crippen LogP contribution in [0.1, 0.15) is 13.3 Å². The number of hydrogen-bond acceptors (Lipinski definition) is 2. The monoisotopic (exact) mass is 129 g/mol. The molecule has 0 aromatic carbocycles. The summed E-state index contributed by atoms with van der Waals surface area (Å²) in [6.07, 6.45) is 0.773. The number of aliphatic carboxylic acids is 1. The van der Waals surface area contributed by atoms with Crippen molar-refractivity contribution < 1.29 is 9.90 Å². The summed E-state index contributed by atoms with van der Waals surface area (Å²) in [5, 5.41) is 11.4. The summed E-state index contributed by atoms with van der Waals surface area (Å²) in [6.45, 7) is 2.90. The van der Waals surface area contributed by atoms with Gasteiger partial charge in [-0.15, -0.1) is 0 Å². The summed E-state index contributed by atoms with van der Waals surface area (Å²) in [5.41, 5.74) is 0. The van der Waals surface area contributed by atoms with Crippen molar-refractivity contribution in [1.82, 2.24) is 5.32 Å². The van der Waals surface area contributed by atoms with E-state index >= 15 is 0 Å². The van der Waals surface area contributed by atoms with Gasteiger partial charge in [-0.2, -0.15) is 0 Å². The van der Waals surface area contributed by atoms with Crippen molar-refractivity contribution in [2.45, 2.75) is 19.4 Å². The molecule has 0 aliphatic carbocycles. The zero-order valence-electron chi connectivity index (χ0n) is 5.42. The van der Waals surface area contributed by atoms with Crippen molar-refractivity contribution in [3.8, 4) is 0 Å². The Bertz CT molecular complexity index is 124. The van der Waals surface area contributed by atoms with Crippen LogP contribution < -0.4 is 5.32 Å². The highest BCUT2D eigenvalue weighted by Crippen LogP contribution is 2.11. The Morgan fingerprint density at radius 2 is 2.44 bits per heavy atom. The van der Waals surface area contributed by atoms with E-state index in [0.29, 0.717) is 5.92 Å². The minimum atomic E-state index is -0.723. The summed E-state index contributed by atoms with van der Waals surface area (Å²) in [7, 11) is 0. The van der Waals surface area contributed by atoms with Gasteiger partial charge in [-0.3, -0.25) is 4.79 Å². The first-order chi connectivity index (χ1) is 4.20. The van der Waals surface area contributed by atoms with Crippen molar-refractivity contribution in [2.24, 2.45) is 5.92 Å². The number of carboxylic acids is 1. The van der Waals surface area contributed by atoms with E-state index < -0.39 is 5.97 Å². The van der Waals surface area contributed by atoms with Crippen LogP contribution in [-0.4, -0.2) is 23.7 Å². The fourth-order valence-electron chi connectivity index (χ4n) is 1.10. The fourth-order valence-corrected chi connectivity index (χ4v) is 1.10. The van der Waals surface area contributed by atoms with Gasteiger partial charge in [0.25, 0.3) is 0 Å². The SMILES string of the molecule is C[C@H]1CN[C@H](C(=O)O)C1. The van der Waals surface area contributed by atoms with Gasteiger partial charge >= 0.3 is 5.97 Å². The minimum Gasteiger partial charge on any atom is -0.480 e. The minimum absolute atomic E-state index is 0.292. The summed E-state index contributed by atoms with van der Waals surface area (Å²) in [4.78, 5) is 10.3. The third kappa shape index (κ3) is 1.42. The van der Waals surface area contributed by atoms with Gasteiger partial charge in [0.15, 0.2) is 0 Å². The molecule has 3 heteroatoms. The molecule has 0 radical (unpaired) electrons. The molecule has 1 fully saturated rings. The van der Waals surface area contributed by atoms with E-state index in [9.17, 15) is 4.79 Å². The van der Waals surface area contributed by atoms with Crippen LogP contribution in [0.2, 0.25) is 0 Å². The van der Waals surface area contributed by atoms with Crippen molar-refractivity contribution in [1.29, 1.82) is 0 Å². The van der Waals surface area contributed by atoms with Crippen LogP contribution in [-0.2, 0) is 4.79 Å². The first-order valence-corrected chi connectivity index (χ1v) is 3.16. The summed E-state index contributed by atoms with van der Waals surface area (Å²) in [6, 6.07) is -0.292. The van der Waals surface area contributed by atoms with Gasteiger partial charge in [0.1, 0.15) is 6.04 Å². The van der Waals surface area contributed by atoms with Crippen LogP contribution in [0.3, 0.4) is 0 Å². The molecule has 52 valence electrons. The lowest BCUT2D eigenvalue weighted by Crippen LogP contribution is -2.29. The molecule has 2 atom stereocenters. The maximum atomic E-state index is 10.3. The molecule has 0 aromatic rings. The molecule has 0 spiro atoms. The summed E-state index contributed by atoms with van der Waals surface area (Å²) in [5.74, 6) is -0.203. The van der Waals surface area contributed by atoms with Crippen LogP contribution in [0.15, 0.2) is 0 Å². The molecule has 0 unspecified atom stereocenters. The zero-order chi connectivity index (χ0) is 6.85. The molecule has 0 saturated carbocycles. The third-order valence-corrected chi connectivity index (χ3v) is 1.65. The molecule has 1 aliphatic rings. The molecule has 0 bridgehead atoms. The number of nitrogens with one attached hydrogen (secondary N) is 1. The van der Waals surface area contributed by atoms with Gasteiger partial charge in [-0.05, 0) is 18.9 Å². The molecular weight excluding hydrogens is 118 g/mol. The van der Waals surface area contributed by atoms with Gasteiger partial charge in [0.2, 0.25) is 0 Å². The predicted octanol–water partition coefficient (Wildman–Crippen LogP) is 0.0690. The highest BCUT2D eigenvalue weighted by atomic mass is 16.4. The average molecular weight is 129 g/mol. The molecule has 1 saturated heterocycles. The van der Waals surface area contributed by atoms with E-state index in [-0.39, 0.29) is 6.04 Å². The zero-order valence-corrected chi connectivity index (χ0v) is 5.42. The molecule has 3 nitrogen and oxygen atoms in total. The fraction of sp³-hybridized carbons (Fsp3) is 0.833. The summed E-state index contributed by atoms with van der Waals surface area (Å²) >= 11 is 0. The van der Waals surface area contributed by atoms with Crippen LogP contribution in [0.4, 0.5) is 0 Å². The van der Waals surface area contributed by atoms with E-state index in [2.05, 4.69) is 12.2 Å². The van der Waals surface area contributed by atoms with E-state index in [4.69, 9.17) is 5.11 Å². The Kier molecular flexibility index (Phi) is 1.71. The van der Waals surface area contributed by atoms with Crippen LogP contribution >= 0.6 is 0 Å². The van der Waals surface area contributed by atoms with Gasteiger partial charge in [0, 0.05) is 0 Å². The Labute approximate surface area is 54.1 Å². The van der Waals surface area contributed by atoms with Crippen molar-refractivity contribution >= 4 is 5.97 Å². The largest absolute Gasteiger partial charge is 0.480 e. The van der Waals surface area contributed by atoms with Crippen LogP contribution in [0, 0.1) is 5.92 Å². The first kappa shape index (κ1) is 6.55. The summed E-state index contributed by atoms with van der Waals surface area (Å²) < 4.78 is 0. The highest BCUT2D eigenvalue weighted by molar-refractivity contribution is 5.73. The molecular formula is C6H11NO2. The number of carbonyl (C=O) groups is 1. The Morgan fingerprint density at radius 3 is 2.67 bits per heavy atom. The number of rotatable bonds is 1. The van der Waals surface area contributed by atoms with E-state index in [1.165, 1.54) is 0 Å². The van der Waals surface area contributed by atoms with E-state index in [1.807, 2.05) is 0 Å². The predicted molar refractivity (Wildman–Crippen MR) is 33.2 cm³/mol. The molecule has 0 amide bonds. The molecule has 9 heavy (non-hydrogen) atoms. The van der Waals surface area contributed by atoms with Gasteiger partial charge < -0.3 is 10.4 Å². The Balaban J connectivity index is 2.39. The van der Waals surface area contributed by atoms with Crippen LogP contribution in [0.5, 0.6) is 0 Å². The standard InChI is InChI=1S/C6H11NO2/c1-4-2-5(6(8)9)7-3-4/h4-5,7H,2-3H2,1H3,(H,8,9)/t4-,5+/m1/s1. The Morgan fingerprint density at radius 1 is 1.78 bits per heavy atom. The quantitative estimate of drug-likeness (QED) is 0.526. The lowest BCUT2D eigenvalue weighted by molar-refractivity contribution is -0.139. The average Bonchev–Trinajstić information content (AvgIpc) is 2.14. The number of carboxylic acid groups (broad SMARTS) is 1. The van der Waals surface area contributed by atoms with E-state index in [1.54, 1.807) is 0 Å². The molecule has 1 heterocycles. The Hall–Kier alpha value is -0.570. The first-order valence-electron chi connectivity index (χ1n) is 3.16. The molecule has 1 aliphatic heterocycles. The smallest absolute Gasteiger partial charge is 0.320 e. The number of hydrogen-bond donors (Lipinski definition) is 2. The lowest BCUT2D eigenvalue weighted by atomic mass is 10.1. The van der Waals surface area contributed by atoms with Crippen molar-refractivity contribution in [2.75, 3.05) is 6.54 Å². The molecule has 1 rings (SSSR count). The van der Waals surface area contributed by atoms with Crippen molar-refractivity contribution in [3.63, 3.8) is 0 Å². The second-order valence-electron chi connectivity index (χ2n) is 2.64. The van der Waals surface area contributed by atoms with Crippen molar-refractivity contribution in [3.05, 3.63) is 0 Å². The maximum Gasteiger partial charge on any atom is 0.320 e. The van der Waals surface area contributed by atoms with Gasteiger partial charge in [-0.25, -0.2) is 0 Å². The maximum absolute atomic E-state index is 10.3. The second kappa shape index (κ2) is 2.35.